The first-order chi connectivity index (χ1) is 9.60. The zero-order valence-corrected chi connectivity index (χ0v) is 12.9. The average molecular weight is 300 g/mol. The highest BCUT2D eigenvalue weighted by molar-refractivity contribution is 6.31. The van der Waals surface area contributed by atoms with Crippen LogP contribution in [0.2, 0.25) is 5.02 Å². The number of hydrogen-bond donors (Lipinski definition) is 1. The average Bonchev–Trinajstić information content (AvgIpc) is 2.83. The topological polar surface area (TPSA) is 21.3 Å². The minimum Gasteiger partial charge on any atom is -0.378 e. The summed E-state index contributed by atoms with van der Waals surface area (Å²) in [6, 6.07) is 4.99. The molecule has 0 aromatic heterocycles. The molecule has 1 heterocycles. The van der Waals surface area contributed by atoms with Gasteiger partial charge in [-0.25, -0.2) is 4.39 Å². The Morgan fingerprint density at radius 3 is 2.90 bits per heavy atom. The largest absolute Gasteiger partial charge is 0.378 e. The van der Waals surface area contributed by atoms with Crippen molar-refractivity contribution in [1.29, 1.82) is 0 Å². The standard InChI is InChI=1S/C16H23ClFNO/c1-3-6-19-16(13-7-11(2)20-10-13)8-12-4-5-14(18)9-15(12)17/h4-5,9,11,13,16,19H,3,6-8,10H2,1-2H3. The summed E-state index contributed by atoms with van der Waals surface area (Å²) in [5.41, 5.74) is 1.00. The summed E-state index contributed by atoms with van der Waals surface area (Å²) in [7, 11) is 0. The Morgan fingerprint density at radius 2 is 2.30 bits per heavy atom. The molecule has 2 nitrogen and oxygen atoms in total. The number of halogens is 2. The minimum atomic E-state index is -0.283. The Morgan fingerprint density at radius 1 is 1.50 bits per heavy atom. The molecule has 20 heavy (non-hydrogen) atoms. The van der Waals surface area contributed by atoms with Gasteiger partial charge < -0.3 is 10.1 Å². The second-order valence-corrected chi connectivity index (χ2v) is 6.05. The van der Waals surface area contributed by atoms with E-state index in [1.807, 2.05) is 0 Å². The van der Waals surface area contributed by atoms with E-state index in [1.54, 1.807) is 6.07 Å². The van der Waals surface area contributed by atoms with Crippen LogP contribution in [0, 0.1) is 11.7 Å². The van der Waals surface area contributed by atoms with E-state index in [2.05, 4.69) is 19.2 Å². The van der Waals surface area contributed by atoms with Crippen LogP contribution in [0.5, 0.6) is 0 Å². The van der Waals surface area contributed by atoms with E-state index >= 15 is 0 Å². The first-order valence-corrected chi connectivity index (χ1v) is 7.76. The van der Waals surface area contributed by atoms with Gasteiger partial charge in [0.15, 0.2) is 0 Å². The zero-order chi connectivity index (χ0) is 14.5. The Kier molecular flexibility index (Phi) is 5.82. The summed E-state index contributed by atoms with van der Waals surface area (Å²) in [6.07, 6.45) is 3.31. The molecule has 0 amide bonds. The molecule has 2 rings (SSSR count). The van der Waals surface area contributed by atoms with Crippen LogP contribution in [-0.2, 0) is 11.2 Å². The van der Waals surface area contributed by atoms with Crippen LogP contribution in [0.15, 0.2) is 18.2 Å². The first kappa shape index (κ1) is 15.7. The van der Waals surface area contributed by atoms with Crippen molar-refractivity contribution >= 4 is 11.6 Å². The summed E-state index contributed by atoms with van der Waals surface area (Å²) in [5, 5.41) is 4.10. The molecule has 3 unspecified atom stereocenters. The highest BCUT2D eigenvalue weighted by Gasteiger charge is 2.29. The van der Waals surface area contributed by atoms with Gasteiger partial charge in [-0.3, -0.25) is 0 Å². The zero-order valence-electron chi connectivity index (χ0n) is 12.2. The molecule has 112 valence electrons. The Hall–Kier alpha value is -0.640. The molecular weight excluding hydrogens is 277 g/mol. The third kappa shape index (κ3) is 4.18. The molecule has 1 aliphatic rings. The second-order valence-electron chi connectivity index (χ2n) is 5.64. The van der Waals surface area contributed by atoms with Crippen molar-refractivity contribution in [1.82, 2.24) is 5.32 Å². The summed E-state index contributed by atoms with van der Waals surface area (Å²) < 4.78 is 18.8. The van der Waals surface area contributed by atoms with Crippen molar-refractivity contribution < 1.29 is 9.13 Å². The number of benzene rings is 1. The summed E-state index contributed by atoms with van der Waals surface area (Å²) in [4.78, 5) is 0. The van der Waals surface area contributed by atoms with Crippen LogP contribution in [0.4, 0.5) is 4.39 Å². The van der Waals surface area contributed by atoms with E-state index in [0.29, 0.717) is 23.1 Å². The summed E-state index contributed by atoms with van der Waals surface area (Å²) in [6.45, 7) is 6.04. The predicted molar refractivity (Wildman–Crippen MR) is 80.7 cm³/mol. The van der Waals surface area contributed by atoms with E-state index in [1.165, 1.54) is 12.1 Å². The van der Waals surface area contributed by atoms with Crippen molar-refractivity contribution in [3.05, 3.63) is 34.6 Å². The third-order valence-electron chi connectivity index (χ3n) is 3.91. The number of ether oxygens (including phenoxy) is 1. The maximum absolute atomic E-state index is 13.1. The lowest BCUT2D eigenvalue weighted by Gasteiger charge is -2.24. The molecule has 0 radical (unpaired) electrons. The molecule has 1 aromatic carbocycles. The van der Waals surface area contributed by atoms with Crippen molar-refractivity contribution in [2.75, 3.05) is 13.2 Å². The van der Waals surface area contributed by atoms with Gasteiger partial charge in [0.1, 0.15) is 5.82 Å². The quantitative estimate of drug-likeness (QED) is 0.862. The van der Waals surface area contributed by atoms with Gasteiger partial charge in [-0.1, -0.05) is 24.6 Å². The van der Waals surface area contributed by atoms with Crippen molar-refractivity contribution in [2.45, 2.75) is 45.3 Å². The minimum absolute atomic E-state index is 0.283. The fourth-order valence-electron chi connectivity index (χ4n) is 2.79. The Bertz CT molecular complexity index is 440. The van der Waals surface area contributed by atoms with Gasteiger partial charge in [0, 0.05) is 17.0 Å². The smallest absolute Gasteiger partial charge is 0.124 e. The normalized spacial score (nSPS) is 24.0. The predicted octanol–water partition coefficient (Wildman–Crippen LogP) is 3.81. The molecule has 0 saturated carbocycles. The van der Waals surface area contributed by atoms with E-state index in [0.717, 1.165) is 38.0 Å². The lowest BCUT2D eigenvalue weighted by Crippen LogP contribution is -2.39. The van der Waals surface area contributed by atoms with E-state index in [9.17, 15) is 4.39 Å². The van der Waals surface area contributed by atoms with Gasteiger partial charge in [0.2, 0.25) is 0 Å². The molecule has 1 aliphatic heterocycles. The van der Waals surface area contributed by atoms with Gasteiger partial charge in [0.25, 0.3) is 0 Å². The van der Waals surface area contributed by atoms with Gasteiger partial charge >= 0.3 is 0 Å². The second kappa shape index (κ2) is 7.39. The molecule has 1 aromatic rings. The van der Waals surface area contributed by atoms with Crippen LogP contribution >= 0.6 is 11.6 Å². The van der Waals surface area contributed by atoms with Gasteiger partial charge in [-0.05, 0) is 50.4 Å². The lowest BCUT2D eigenvalue weighted by molar-refractivity contribution is 0.117. The van der Waals surface area contributed by atoms with Gasteiger partial charge in [-0.15, -0.1) is 0 Å². The summed E-state index contributed by atoms with van der Waals surface area (Å²) in [5.74, 6) is 0.215. The van der Waals surface area contributed by atoms with Crippen LogP contribution in [0.1, 0.15) is 32.3 Å². The lowest BCUT2D eigenvalue weighted by atomic mass is 9.91. The van der Waals surface area contributed by atoms with E-state index in [-0.39, 0.29) is 5.82 Å². The van der Waals surface area contributed by atoms with Crippen LogP contribution in [-0.4, -0.2) is 25.3 Å². The van der Waals surface area contributed by atoms with Gasteiger partial charge in [-0.2, -0.15) is 0 Å². The molecular formula is C16H23ClFNO. The van der Waals surface area contributed by atoms with Crippen LogP contribution in [0.25, 0.3) is 0 Å². The van der Waals surface area contributed by atoms with E-state index < -0.39 is 0 Å². The highest BCUT2D eigenvalue weighted by Crippen LogP contribution is 2.27. The van der Waals surface area contributed by atoms with Crippen LogP contribution in [0.3, 0.4) is 0 Å². The van der Waals surface area contributed by atoms with E-state index in [4.69, 9.17) is 16.3 Å². The van der Waals surface area contributed by atoms with Crippen molar-refractivity contribution in [2.24, 2.45) is 5.92 Å². The van der Waals surface area contributed by atoms with Crippen molar-refractivity contribution in [3.8, 4) is 0 Å². The Balaban J connectivity index is 2.06. The maximum atomic E-state index is 13.1. The third-order valence-corrected chi connectivity index (χ3v) is 4.26. The SMILES string of the molecule is CCCNC(Cc1ccc(F)cc1Cl)C1COC(C)C1. The summed E-state index contributed by atoms with van der Waals surface area (Å²) >= 11 is 6.14. The fourth-order valence-corrected chi connectivity index (χ4v) is 3.03. The maximum Gasteiger partial charge on any atom is 0.124 e. The molecule has 0 spiro atoms. The number of nitrogens with one attached hydrogen (secondary N) is 1. The van der Waals surface area contributed by atoms with Gasteiger partial charge in [0.05, 0.1) is 12.7 Å². The highest BCUT2D eigenvalue weighted by atomic mass is 35.5. The van der Waals surface area contributed by atoms with Crippen LogP contribution < -0.4 is 5.32 Å². The fraction of sp³-hybridized carbons (Fsp3) is 0.625. The Labute approximate surface area is 125 Å². The molecule has 4 heteroatoms. The molecule has 0 aliphatic carbocycles. The molecule has 3 atom stereocenters. The number of rotatable bonds is 6. The molecule has 1 N–H and O–H groups in total. The first-order valence-electron chi connectivity index (χ1n) is 7.39. The molecule has 1 fully saturated rings. The monoisotopic (exact) mass is 299 g/mol. The molecule has 1 saturated heterocycles. The number of hydrogen-bond acceptors (Lipinski definition) is 2. The van der Waals surface area contributed by atoms with Crippen molar-refractivity contribution in [3.63, 3.8) is 0 Å². The molecule has 0 bridgehead atoms.